The zero-order valence-corrected chi connectivity index (χ0v) is 10.6. The maximum Gasteiger partial charge on any atom is 0.273 e. The molecule has 0 spiro atoms. The van der Waals surface area contributed by atoms with Gasteiger partial charge in [-0.3, -0.25) is 4.98 Å². The molecule has 2 N–H and O–H groups in total. The molecule has 0 atom stereocenters. The zero-order chi connectivity index (χ0) is 13.2. The van der Waals surface area contributed by atoms with E-state index in [0.717, 1.165) is 12.0 Å². The number of rotatable bonds is 4. The van der Waals surface area contributed by atoms with Gasteiger partial charge in [-0.05, 0) is 24.1 Å². The van der Waals surface area contributed by atoms with Crippen LogP contribution in [0.25, 0.3) is 0 Å². The Morgan fingerprint density at radius 3 is 2.44 bits per heavy atom. The van der Waals surface area contributed by atoms with E-state index in [1.807, 2.05) is 12.1 Å². The predicted octanol–water partition coefficient (Wildman–Crippen LogP) is -0.357. The van der Waals surface area contributed by atoms with E-state index in [1.54, 1.807) is 19.4 Å². The Labute approximate surface area is 105 Å². The minimum Gasteiger partial charge on any atom is -0.304 e. The zero-order valence-electron chi connectivity index (χ0n) is 9.81. The summed E-state index contributed by atoms with van der Waals surface area (Å²) < 4.78 is 23.8. The molecule has 96 valence electrons. The molecule has 18 heavy (non-hydrogen) atoms. The van der Waals surface area contributed by atoms with Crippen LogP contribution in [0, 0.1) is 0 Å². The molecule has 0 fully saturated rings. The molecular weight excluding hydrogens is 254 g/mol. The van der Waals surface area contributed by atoms with Gasteiger partial charge < -0.3 is 4.57 Å². The van der Waals surface area contributed by atoms with Gasteiger partial charge >= 0.3 is 0 Å². The number of pyridine rings is 1. The summed E-state index contributed by atoms with van der Waals surface area (Å²) in [6.07, 6.45) is 4.74. The molecule has 0 aromatic carbocycles. The van der Waals surface area contributed by atoms with Crippen molar-refractivity contribution in [1.82, 2.24) is 19.7 Å². The van der Waals surface area contributed by atoms with Gasteiger partial charge in [0.05, 0.1) is 0 Å². The summed E-state index contributed by atoms with van der Waals surface area (Å²) in [7, 11) is -2.23. The average Bonchev–Trinajstić information content (AvgIpc) is 2.69. The average molecular weight is 267 g/mol. The van der Waals surface area contributed by atoms with Crippen LogP contribution in [0.5, 0.6) is 0 Å². The van der Waals surface area contributed by atoms with E-state index in [4.69, 9.17) is 5.14 Å². The van der Waals surface area contributed by atoms with Crippen LogP contribution < -0.4 is 5.14 Å². The topological polar surface area (TPSA) is 104 Å². The second-order valence-electron chi connectivity index (χ2n) is 3.86. The second kappa shape index (κ2) is 4.83. The Balaban J connectivity index is 2.14. The van der Waals surface area contributed by atoms with Crippen molar-refractivity contribution in [3.05, 3.63) is 35.9 Å². The molecule has 2 aromatic heterocycles. The summed E-state index contributed by atoms with van der Waals surface area (Å²) in [5.74, 6) is 0.579. The molecule has 0 aliphatic heterocycles. The fourth-order valence-electron chi connectivity index (χ4n) is 1.62. The molecule has 0 bridgehead atoms. The number of aromatic nitrogens is 4. The molecule has 2 aromatic rings. The first-order valence-electron chi connectivity index (χ1n) is 5.28. The third-order valence-electron chi connectivity index (χ3n) is 2.57. The third kappa shape index (κ3) is 2.71. The predicted molar refractivity (Wildman–Crippen MR) is 64.0 cm³/mol. The van der Waals surface area contributed by atoms with Crippen molar-refractivity contribution in [2.75, 3.05) is 0 Å². The van der Waals surface area contributed by atoms with E-state index in [9.17, 15) is 8.42 Å². The molecule has 8 heteroatoms. The molecule has 7 nitrogen and oxygen atoms in total. The summed E-state index contributed by atoms with van der Waals surface area (Å²) >= 11 is 0. The largest absolute Gasteiger partial charge is 0.304 e. The van der Waals surface area contributed by atoms with Crippen molar-refractivity contribution >= 4 is 10.0 Å². The summed E-state index contributed by atoms with van der Waals surface area (Å²) in [6, 6.07) is 3.80. The van der Waals surface area contributed by atoms with Crippen molar-refractivity contribution in [3.8, 4) is 0 Å². The number of nitrogens with zero attached hydrogens (tertiary/aromatic N) is 4. The maximum absolute atomic E-state index is 11.2. The first kappa shape index (κ1) is 12.7. The SMILES string of the molecule is Cn1c(CCc2ccncc2)nnc1S(N)(=O)=O. The van der Waals surface area contributed by atoms with E-state index in [2.05, 4.69) is 15.2 Å². The molecule has 0 radical (unpaired) electrons. The summed E-state index contributed by atoms with van der Waals surface area (Å²) in [5.41, 5.74) is 1.10. The summed E-state index contributed by atoms with van der Waals surface area (Å²) in [6.45, 7) is 0. The molecule has 0 aliphatic rings. The molecule has 2 heterocycles. The lowest BCUT2D eigenvalue weighted by Gasteiger charge is -2.02. The monoisotopic (exact) mass is 267 g/mol. The van der Waals surface area contributed by atoms with Gasteiger partial charge in [0, 0.05) is 25.9 Å². The molecule has 2 rings (SSSR count). The quantitative estimate of drug-likeness (QED) is 0.814. The molecule has 0 saturated heterocycles. The lowest BCUT2D eigenvalue weighted by Crippen LogP contribution is -2.17. The first-order chi connectivity index (χ1) is 8.48. The van der Waals surface area contributed by atoms with Crippen LogP contribution in [0.2, 0.25) is 0 Å². The summed E-state index contributed by atoms with van der Waals surface area (Å²) in [4.78, 5) is 3.93. The van der Waals surface area contributed by atoms with Gasteiger partial charge in [-0.1, -0.05) is 0 Å². The van der Waals surface area contributed by atoms with Crippen molar-refractivity contribution < 1.29 is 8.42 Å². The number of nitrogens with two attached hydrogens (primary N) is 1. The fourth-order valence-corrected chi connectivity index (χ4v) is 2.26. The van der Waals surface area contributed by atoms with E-state index in [0.29, 0.717) is 12.2 Å². The van der Waals surface area contributed by atoms with Gasteiger partial charge in [-0.2, -0.15) is 0 Å². The van der Waals surface area contributed by atoms with Crippen LogP contribution in [0.1, 0.15) is 11.4 Å². The van der Waals surface area contributed by atoms with Gasteiger partial charge in [0.25, 0.3) is 15.2 Å². The number of aryl methyl sites for hydroxylation is 2. The molecule has 0 unspecified atom stereocenters. The molecule has 0 saturated carbocycles. The van der Waals surface area contributed by atoms with Gasteiger partial charge in [-0.15, -0.1) is 10.2 Å². The number of hydrogen-bond acceptors (Lipinski definition) is 5. The highest BCUT2D eigenvalue weighted by molar-refractivity contribution is 7.89. The van der Waals surface area contributed by atoms with Crippen LogP contribution in [-0.2, 0) is 29.9 Å². The standard InChI is InChI=1S/C10H13N5O2S/c1-15-9(13-14-10(15)18(11,16)17)3-2-8-4-6-12-7-5-8/h4-7H,2-3H2,1H3,(H2,11,16,17). The van der Waals surface area contributed by atoms with Crippen LogP contribution in [0.3, 0.4) is 0 Å². The number of hydrogen-bond donors (Lipinski definition) is 1. The lowest BCUT2D eigenvalue weighted by molar-refractivity contribution is 0.577. The van der Waals surface area contributed by atoms with Gasteiger partial charge in [-0.25, -0.2) is 13.6 Å². The Morgan fingerprint density at radius 1 is 1.22 bits per heavy atom. The number of primary sulfonamides is 1. The van der Waals surface area contributed by atoms with Crippen LogP contribution in [0.15, 0.2) is 29.7 Å². The lowest BCUT2D eigenvalue weighted by atomic mass is 10.1. The number of sulfonamides is 1. The van der Waals surface area contributed by atoms with E-state index >= 15 is 0 Å². The maximum atomic E-state index is 11.2. The smallest absolute Gasteiger partial charge is 0.273 e. The van der Waals surface area contributed by atoms with E-state index in [1.165, 1.54) is 4.57 Å². The summed E-state index contributed by atoms with van der Waals surface area (Å²) in [5, 5.41) is 12.2. The van der Waals surface area contributed by atoms with Crippen molar-refractivity contribution in [2.45, 2.75) is 18.0 Å². The second-order valence-corrected chi connectivity index (χ2v) is 5.31. The normalized spacial score (nSPS) is 11.7. The van der Waals surface area contributed by atoms with Crippen LogP contribution >= 0.6 is 0 Å². The van der Waals surface area contributed by atoms with E-state index < -0.39 is 10.0 Å². The highest BCUT2D eigenvalue weighted by Crippen LogP contribution is 2.08. The van der Waals surface area contributed by atoms with Crippen molar-refractivity contribution in [3.63, 3.8) is 0 Å². The Morgan fingerprint density at radius 2 is 1.89 bits per heavy atom. The third-order valence-corrected chi connectivity index (χ3v) is 3.43. The van der Waals surface area contributed by atoms with Crippen molar-refractivity contribution in [1.29, 1.82) is 0 Å². The minimum atomic E-state index is -3.82. The first-order valence-corrected chi connectivity index (χ1v) is 6.83. The van der Waals surface area contributed by atoms with Gasteiger partial charge in [0.1, 0.15) is 5.82 Å². The minimum absolute atomic E-state index is 0.216. The van der Waals surface area contributed by atoms with Crippen LogP contribution in [0.4, 0.5) is 0 Å². The Hall–Kier alpha value is -1.80. The molecule has 0 aliphatic carbocycles. The highest BCUT2D eigenvalue weighted by atomic mass is 32.2. The Kier molecular flexibility index (Phi) is 3.39. The molecule has 0 amide bonds. The van der Waals surface area contributed by atoms with Gasteiger partial charge in [0.15, 0.2) is 0 Å². The van der Waals surface area contributed by atoms with Crippen molar-refractivity contribution in [2.24, 2.45) is 12.2 Å². The van der Waals surface area contributed by atoms with Crippen LogP contribution in [-0.4, -0.2) is 28.2 Å². The fraction of sp³-hybridized carbons (Fsp3) is 0.300. The molecular formula is C10H13N5O2S. The Bertz CT molecular complexity index is 636. The highest BCUT2D eigenvalue weighted by Gasteiger charge is 2.18. The van der Waals surface area contributed by atoms with E-state index in [-0.39, 0.29) is 5.16 Å². The van der Waals surface area contributed by atoms with Gasteiger partial charge in [0.2, 0.25) is 0 Å².